The molecule has 208 valence electrons. The second-order valence-electron chi connectivity index (χ2n) is 14.8. The van der Waals surface area contributed by atoms with E-state index in [2.05, 4.69) is 33.8 Å². The minimum Gasteiger partial charge on any atom is -0.496 e. The molecule has 5 aliphatic carbocycles. The molecule has 0 heterocycles. The third kappa shape index (κ3) is 3.47. The van der Waals surface area contributed by atoms with E-state index in [9.17, 15) is 15.0 Å². The number of methoxy groups -OCH3 is 1. The highest BCUT2D eigenvalue weighted by molar-refractivity contribution is 5.91. The smallest absolute Gasteiger partial charge is 0.339 e. The number of carbonyl (C=O) groups is 1. The van der Waals surface area contributed by atoms with Gasteiger partial charge in [0.2, 0.25) is 0 Å². The zero-order valence-electron chi connectivity index (χ0n) is 24.2. The molecule has 8 atom stereocenters. The zero-order chi connectivity index (χ0) is 27.1. The van der Waals surface area contributed by atoms with Gasteiger partial charge in [-0.3, -0.25) is 0 Å². The van der Waals surface area contributed by atoms with E-state index in [1.165, 1.54) is 63.4 Å². The number of hydrogen-bond acceptors (Lipinski definition) is 3. The van der Waals surface area contributed by atoms with E-state index in [4.69, 9.17) is 4.74 Å². The van der Waals surface area contributed by atoms with E-state index in [-0.39, 0.29) is 21.8 Å². The molecule has 4 fully saturated rings. The van der Waals surface area contributed by atoms with Gasteiger partial charge in [-0.25, -0.2) is 4.79 Å². The van der Waals surface area contributed by atoms with Crippen molar-refractivity contribution in [2.75, 3.05) is 13.7 Å². The lowest BCUT2D eigenvalue weighted by molar-refractivity contribution is -0.181. The minimum atomic E-state index is -0.948. The second-order valence-corrected chi connectivity index (χ2v) is 14.8. The number of fused-ring (bicyclic) bond motifs is 7. The van der Waals surface area contributed by atoms with Crippen LogP contribution in [-0.2, 0) is 0 Å². The number of rotatable bonds is 4. The highest BCUT2D eigenvalue weighted by Crippen LogP contribution is 2.73. The number of aliphatic hydroxyl groups is 1. The molecular weight excluding hydrogens is 472 g/mol. The van der Waals surface area contributed by atoms with Gasteiger partial charge in [0.05, 0.1) is 7.11 Å². The maximum Gasteiger partial charge on any atom is 0.339 e. The lowest BCUT2D eigenvalue weighted by atomic mass is 9.36. The van der Waals surface area contributed by atoms with Crippen molar-refractivity contribution in [2.45, 2.75) is 91.9 Å². The summed E-state index contributed by atoms with van der Waals surface area (Å²) in [6.45, 7) is 10.5. The van der Waals surface area contributed by atoms with Crippen LogP contribution in [0.3, 0.4) is 0 Å². The van der Waals surface area contributed by atoms with Crippen LogP contribution >= 0.6 is 0 Å². The van der Waals surface area contributed by atoms with Crippen molar-refractivity contribution in [3.63, 3.8) is 0 Å². The molecule has 0 aromatic heterocycles. The average Bonchev–Trinajstić information content (AvgIpc) is 3.33. The SMILES string of the molecule is COc1cc(C2=CC[C@@]3(C)C(CC[C@@]4(C)C5CC[C@@]6(CO)CCCC6[C@H]5CCC43)C2(C)C)ccc1C(=O)O. The molecule has 0 aliphatic heterocycles. The number of allylic oxidation sites excluding steroid dienone is 2. The molecule has 0 amide bonds. The number of aromatic carboxylic acids is 1. The molecule has 4 unspecified atom stereocenters. The average molecular weight is 521 g/mol. The summed E-state index contributed by atoms with van der Waals surface area (Å²) in [4.78, 5) is 11.7. The van der Waals surface area contributed by atoms with Crippen LogP contribution in [-0.4, -0.2) is 29.9 Å². The van der Waals surface area contributed by atoms with Crippen LogP contribution in [0.2, 0.25) is 0 Å². The molecule has 6 rings (SSSR count). The molecule has 0 spiro atoms. The fourth-order valence-electron chi connectivity index (χ4n) is 11.8. The predicted octanol–water partition coefficient (Wildman–Crippen LogP) is 7.84. The van der Waals surface area contributed by atoms with Crippen molar-refractivity contribution < 1.29 is 19.7 Å². The largest absolute Gasteiger partial charge is 0.496 e. The highest BCUT2D eigenvalue weighted by atomic mass is 16.5. The van der Waals surface area contributed by atoms with Gasteiger partial charge in [0, 0.05) is 6.61 Å². The first-order chi connectivity index (χ1) is 18.0. The first-order valence-corrected chi connectivity index (χ1v) is 15.2. The second kappa shape index (κ2) is 8.85. The number of carboxylic acid groups (broad SMARTS) is 1. The van der Waals surface area contributed by atoms with Crippen LogP contribution in [0.1, 0.15) is 108 Å². The van der Waals surface area contributed by atoms with Crippen molar-refractivity contribution in [2.24, 2.45) is 51.2 Å². The summed E-state index contributed by atoms with van der Waals surface area (Å²) in [5.74, 6) is 3.19. The van der Waals surface area contributed by atoms with Gasteiger partial charge in [-0.1, -0.05) is 46.3 Å². The Morgan fingerprint density at radius 1 is 0.947 bits per heavy atom. The van der Waals surface area contributed by atoms with Gasteiger partial charge >= 0.3 is 5.97 Å². The molecule has 4 heteroatoms. The van der Waals surface area contributed by atoms with E-state index in [1.54, 1.807) is 13.2 Å². The van der Waals surface area contributed by atoms with E-state index >= 15 is 0 Å². The summed E-state index contributed by atoms with van der Waals surface area (Å²) >= 11 is 0. The lowest BCUT2D eigenvalue weighted by Crippen LogP contribution is -2.61. The number of carboxylic acids is 1. The van der Waals surface area contributed by atoms with Gasteiger partial charge in [-0.15, -0.1) is 0 Å². The molecule has 4 saturated carbocycles. The fourth-order valence-corrected chi connectivity index (χ4v) is 11.8. The Morgan fingerprint density at radius 2 is 1.74 bits per heavy atom. The lowest BCUT2D eigenvalue weighted by Gasteiger charge is -2.68. The number of aliphatic hydroxyl groups excluding tert-OH is 1. The van der Waals surface area contributed by atoms with Gasteiger partial charge in [0.15, 0.2) is 0 Å². The van der Waals surface area contributed by atoms with Crippen molar-refractivity contribution in [3.05, 3.63) is 35.4 Å². The Bertz CT molecular complexity index is 1150. The monoisotopic (exact) mass is 520 g/mol. The van der Waals surface area contributed by atoms with Crippen molar-refractivity contribution in [1.29, 1.82) is 0 Å². The summed E-state index contributed by atoms with van der Waals surface area (Å²) in [7, 11) is 1.56. The first-order valence-electron chi connectivity index (χ1n) is 15.2. The van der Waals surface area contributed by atoms with Gasteiger partial charge in [-0.05, 0) is 132 Å². The highest BCUT2D eigenvalue weighted by Gasteiger charge is 2.65. The maximum absolute atomic E-state index is 11.7. The molecule has 4 nitrogen and oxygen atoms in total. The van der Waals surface area contributed by atoms with Gasteiger partial charge < -0.3 is 14.9 Å². The Labute approximate surface area is 229 Å². The Morgan fingerprint density at radius 3 is 2.45 bits per heavy atom. The van der Waals surface area contributed by atoms with Gasteiger partial charge in [0.1, 0.15) is 11.3 Å². The van der Waals surface area contributed by atoms with Crippen LogP contribution in [0.5, 0.6) is 5.75 Å². The molecule has 38 heavy (non-hydrogen) atoms. The van der Waals surface area contributed by atoms with E-state index in [0.29, 0.717) is 23.7 Å². The predicted molar refractivity (Wildman–Crippen MR) is 151 cm³/mol. The van der Waals surface area contributed by atoms with Crippen LogP contribution in [0.15, 0.2) is 24.3 Å². The van der Waals surface area contributed by atoms with Crippen molar-refractivity contribution >= 4 is 11.5 Å². The Kier molecular flexibility index (Phi) is 6.15. The van der Waals surface area contributed by atoms with E-state index in [0.717, 1.165) is 35.7 Å². The molecule has 1 aromatic rings. The summed E-state index contributed by atoms with van der Waals surface area (Å²) in [5, 5.41) is 20.0. The first kappa shape index (κ1) is 26.4. The summed E-state index contributed by atoms with van der Waals surface area (Å²) in [5.41, 5.74) is 3.58. The standard InChI is InChI=1S/C34H48O4/c1-31(2)24(21-8-9-23(30(36)37)27(19-21)38-5)12-16-33(4)28(31)14-17-32(3)25-13-18-34(20-35)15-6-7-26(34)22(25)10-11-29(32)33/h8-9,12,19,22,25-26,28-29,35H,6-7,10-11,13-18,20H2,1-5H3,(H,36,37)/t22-,25?,26?,28?,29?,32-,33-,34+/m0/s1. The van der Waals surface area contributed by atoms with E-state index in [1.807, 2.05) is 12.1 Å². The van der Waals surface area contributed by atoms with Crippen molar-refractivity contribution in [1.82, 2.24) is 0 Å². The normalized spacial score (nSPS) is 43.2. The minimum absolute atomic E-state index is 0.00495. The van der Waals surface area contributed by atoms with Crippen molar-refractivity contribution in [3.8, 4) is 5.75 Å². The summed E-state index contributed by atoms with van der Waals surface area (Å²) < 4.78 is 5.49. The quantitative estimate of drug-likeness (QED) is 0.424. The number of hydrogen-bond donors (Lipinski definition) is 2. The molecule has 0 bridgehead atoms. The Hall–Kier alpha value is -1.81. The molecule has 2 N–H and O–H groups in total. The topological polar surface area (TPSA) is 66.8 Å². The van der Waals surface area contributed by atoms with E-state index < -0.39 is 5.97 Å². The third-order valence-electron chi connectivity index (χ3n) is 13.3. The maximum atomic E-state index is 11.7. The molecular formula is C34H48O4. The van der Waals surface area contributed by atoms with Gasteiger partial charge in [-0.2, -0.15) is 0 Å². The van der Waals surface area contributed by atoms with Crippen LogP contribution < -0.4 is 4.74 Å². The summed E-state index contributed by atoms with van der Waals surface area (Å²) in [6, 6.07) is 5.63. The van der Waals surface area contributed by atoms with Crippen LogP contribution in [0, 0.1) is 51.2 Å². The molecule has 0 radical (unpaired) electrons. The summed E-state index contributed by atoms with van der Waals surface area (Å²) in [6.07, 6.45) is 15.3. The molecule has 5 aliphatic rings. The third-order valence-corrected chi connectivity index (χ3v) is 13.3. The number of ether oxygens (including phenoxy) is 1. The van der Waals surface area contributed by atoms with Crippen LogP contribution in [0.25, 0.3) is 5.57 Å². The zero-order valence-corrected chi connectivity index (χ0v) is 24.2. The number of benzene rings is 1. The molecule has 0 saturated heterocycles. The van der Waals surface area contributed by atoms with Gasteiger partial charge in [0.25, 0.3) is 0 Å². The fraction of sp³-hybridized carbons (Fsp3) is 0.735. The Balaban J connectivity index is 1.33. The van der Waals surface area contributed by atoms with Crippen LogP contribution in [0.4, 0.5) is 0 Å². The molecule has 1 aromatic carbocycles.